The van der Waals surface area contributed by atoms with Crippen LogP contribution >= 0.6 is 0 Å². The number of nitrogens with zero attached hydrogens (tertiary/aromatic N) is 2. The van der Waals surface area contributed by atoms with Crippen molar-refractivity contribution >= 4 is 23.2 Å². The molecular weight excluding hydrogens is 390 g/mol. The van der Waals surface area contributed by atoms with Gasteiger partial charge in [-0.1, -0.05) is 18.2 Å². The van der Waals surface area contributed by atoms with Crippen LogP contribution in [0.4, 0.5) is 11.4 Å². The zero-order valence-corrected chi connectivity index (χ0v) is 18.3. The van der Waals surface area contributed by atoms with Crippen molar-refractivity contribution in [3.63, 3.8) is 0 Å². The van der Waals surface area contributed by atoms with Crippen LogP contribution < -0.4 is 15.0 Å². The number of aromatic nitrogens is 1. The first kappa shape index (κ1) is 20.7. The standard InChI is InChI=1S/C25H27N3O3/c1-16-7-5-6-8-22(16)27-15-19(13-24(27)29)25(30)26-21-12-11-20(31-4)14-23(21)28-17(2)9-10-18(28)3/h5-12,14,19H,13,15H2,1-4H3,(H,26,30)/t19-/m0/s1. The van der Waals surface area contributed by atoms with Crippen LogP contribution in [0.5, 0.6) is 5.75 Å². The van der Waals surface area contributed by atoms with E-state index in [2.05, 4.69) is 9.88 Å². The van der Waals surface area contributed by atoms with Crippen molar-refractivity contribution in [3.05, 3.63) is 71.5 Å². The van der Waals surface area contributed by atoms with Crippen molar-refractivity contribution in [1.29, 1.82) is 0 Å². The number of aryl methyl sites for hydroxylation is 3. The second-order valence-corrected chi connectivity index (χ2v) is 8.02. The van der Waals surface area contributed by atoms with Crippen LogP contribution in [0.1, 0.15) is 23.4 Å². The van der Waals surface area contributed by atoms with Crippen LogP contribution in [-0.2, 0) is 9.59 Å². The number of rotatable bonds is 5. The van der Waals surface area contributed by atoms with E-state index >= 15 is 0 Å². The minimum atomic E-state index is -0.408. The van der Waals surface area contributed by atoms with E-state index in [9.17, 15) is 9.59 Å². The van der Waals surface area contributed by atoms with Crippen molar-refractivity contribution in [2.45, 2.75) is 27.2 Å². The maximum Gasteiger partial charge on any atom is 0.229 e. The highest BCUT2D eigenvalue weighted by Crippen LogP contribution is 2.31. The largest absolute Gasteiger partial charge is 0.497 e. The van der Waals surface area contributed by atoms with Gasteiger partial charge in [-0.2, -0.15) is 0 Å². The summed E-state index contributed by atoms with van der Waals surface area (Å²) in [6.45, 7) is 6.39. The van der Waals surface area contributed by atoms with Crippen LogP contribution in [0.3, 0.4) is 0 Å². The third-order valence-corrected chi connectivity index (χ3v) is 5.88. The fourth-order valence-corrected chi connectivity index (χ4v) is 4.19. The van der Waals surface area contributed by atoms with Gasteiger partial charge in [-0.05, 0) is 56.7 Å². The molecule has 1 aliphatic heterocycles. The van der Waals surface area contributed by atoms with Gasteiger partial charge in [0.25, 0.3) is 0 Å². The molecule has 2 heterocycles. The maximum atomic E-state index is 13.1. The zero-order valence-electron chi connectivity index (χ0n) is 18.3. The van der Waals surface area contributed by atoms with Gasteiger partial charge in [0, 0.05) is 36.1 Å². The van der Waals surface area contributed by atoms with Gasteiger partial charge in [-0.15, -0.1) is 0 Å². The third kappa shape index (κ3) is 3.93. The fourth-order valence-electron chi connectivity index (χ4n) is 4.19. The lowest BCUT2D eigenvalue weighted by molar-refractivity contribution is -0.122. The van der Waals surface area contributed by atoms with Gasteiger partial charge in [-0.3, -0.25) is 9.59 Å². The minimum Gasteiger partial charge on any atom is -0.497 e. The summed E-state index contributed by atoms with van der Waals surface area (Å²) in [4.78, 5) is 27.5. The van der Waals surface area contributed by atoms with Crippen LogP contribution in [0.25, 0.3) is 5.69 Å². The second kappa shape index (κ2) is 8.30. The summed E-state index contributed by atoms with van der Waals surface area (Å²) >= 11 is 0. The SMILES string of the molecule is COc1ccc(NC(=O)[C@H]2CC(=O)N(c3ccccc3C)C2)c(-n2c(C)ccc2C)c1. The molecule has 4 rings (SSSR count). The quantitative estimate of drug-likeness (QED) is 0.669. The number of nitrogens with one attached hydrogen (secondary N) is 1. The molecule has 6 heteroatoms. The summed E-state index contributed by atoms with van der Waals surface area (Å²) in [7, 11) is 1.62. The van der Waals surface area contributed by atoms with Crippen LogP contribution in [0, 0.1) is 26.7 Å². The van der Waals surface area contributed by atoms with Gasteiger partial charge >= 0.3 is 0 Å². The molecule has 6 nitrogen and oxygen atoms in total. The Balaban J connectivity index is 1.60. The lowest BCUT2D eigenvalue weighted by Gasteiger charge is -2.20. The average molecular weight is 418 g/mol. The lowest BCUT2D eigenvalue weighted by Crippen LogP contribution is -2.28. The summed E-state index contributed by atoms with van der Waals surface area (Å²) < 4.78 is 7.48. The van der Waals surface area contributed by atoms with Gasteiger partial charge in [0.1, 0.15) is 5.75 Å². The summed E-state index contributed by atoms with van der Waals surface area (Å²) in [6.07, 6.45) is 0.202. The van der Waals surface area contributed by atoms with Gasteiger partial charge in [-0.25, -0.2) is 0 Å². The van der Waals surface area contributed by atoms with Crippen molar-refractivity contribution in [1.82, 2.24) is 4.57 Å². The van der Waals surface area contributed by atoms with Gasteiger partial charge < -0.3 is 19.5 Å². The first-order chi connectivity index (χ1) is 14.9. The first-order valence-electron chi connectivity index (χ1n) is 10.4. The Kier molecular flexibility index (Phi) is 5.55. The van der Waals surface area contributed by atoms with E-state index in [1.54, 1.807) is 12.0 Å². The number of hydrogen-bond acceptors (Lipinski definition) is 3. The highest BCUT2D eigenvalue weighted by atomic mass is 16.5. The molecule has 3 aromatic rings. The molecule has 1 aliphatic rings. The predicted octanol–water partition coefficient (Wildman–Crippen LogP) is 4.40. The minimum absolute atomic E-state index is 0.0264. The Morgan fingerprint density at radius 1 is 1.00 bits per heavy atom. The Morgan fingerprint density at radius 3 is 2.39 bits per heavy atom. The molecule has 31 heavy (non-hydrogen) atoms. The molecule has 2 aromatic carbocycles. The van der Waals surface area contributed by atoms with Crippen molar-refractivity contribution in [2.75, 3.05) is 23.9 Å². The maximum absolute atomic E-state index is 13.1. The number of amides is 2. The molecular formula is C25H27N3O3. The third-order valence-electron chi connectivity index (χ3n) is 5.88. The molecule has 0 spiro atoms. The van der Waals surface area contributed by atoms with Crippen LogP contribution in [-0.4, -0.2) is 30.0 Å². The highest BCUT2D eigenvalue weighted by Gasteiger charge is 2.36. The molecule has 0 unspecified atom stereocenters. The highest BCUT2D eigenvalue weighted by molar-refractivity contribution is 6.04. The molecule has 1 saturated heterocycles. The molecule has 1 fully saturated rings. The van der Waals surface area contributed by atoms with E-state index in [1.807, 2.05) is 75.4 Å². The van der Waals surface area contributed by atoms with Crippen LogP contribution in [0.15, 0.2) is 54.6 Å². The molecule has 0 aliphatic carbocycles. The number of anilines is 2. The number of para-hydroxylation sites is 1. The van der Waals surface area contributed by atoms with Crippen molar-refractivity contribution in [2.24, 2.45) is 5.92 Å². The average Bonchev–Trinajstić information content (AvgIpc) is 3.30. The fraction of sp³-hybridized carbons (Fsp3) is 0.280. The molecule has 1 N–H and O–H groups in total. The second-order valence-electron chi connectivity index (χ2n) is 8.02. The number of ether oxygens (including phenoxy) is 1. The Labute approximate surface area is 182 Å². The van der Waals surface area contributed by atoms with Crippen molar-refractivity contribution < 1.29 is 14.3 Å². The Hall–Kier alpha value is -3.54. The van der Waals surface area contributed by atoms with Crippen molar-refractivity contribution in [3.8, 4) is 11.4 Å². The Bertz CT molecular complexity index is 1130. The number of benzene rings is 2. The van der Waals surface area contributed by atoms with E-state index in [4.69, 9.17) is 4.74 Å². The molecule has 160 valence electrons. The predicted molar refractivity (Wildman–Crippen MR) is 122 cm³/mol. The van der Waals surface area contributed by atoms with Crippen LogP contribution in [0.2, 0.25) is 0 Å². The van der Waals surface area contributed by atoms with E-state index < -0.39 is 5.92 Å². The van der Waals surface area contributed by atoms with E-state index in [0.29, 0.717) is 18.0 Å². The number of carbonyl (C=O) groups excluding carboxylic acids is 2. The van der Waals surface area contributed by atoms with E-state index in [-0.39, 0.29) is 18.2 Å². The van der Waals surface area contributed by atoms with E-state index in [1.165, 1.54) is 0 Å². The van der Waals surface area contributed by atoms with Gasteiger partial charge in [0.15, 0.2) is 0 Å². The molecule has 1 atom stereocenters. The lowest BCUT2D eigenvalue weighted by atomic mass is 10.1. The summed E-state index contributed by atoms with van der Waals surface area (Å²) in [5.74, 6) is 0.121. The Morgan fingerprint density at radius 2 is 1.71 bits per heavy atom. The topological polar surface area (TPSA) is 63.6 Å². The summed E-state index contributed by atoms with van der Waals surface area (Å²) in [5.41, 5.74) is 5.54. The number of hydrogen-bond donors (Lipinski definition) is 1. The molecule has 0 saturated carbocycles. The number of methoxy groups -OCH3 is 1. The first-order valence-corrected chi connectivity index (χ1v) is 10.4. The van der Waals surface area contributed by atoms with E-state index in [0.717, 1.165) is 28.3 Å². The van der Waals surface area contributed by atoms with Gasteiger partial charge in [0.05, 0.1) is 24.4 Å². The molecule has 0 bridgehead atoms. The molecule has 0 radical (unpaired) electrons. The number of carbonyl (C=O) groups is 2. The normalized spacial score (nSPS) is 15.9. The molecule has 1 aromatic heterocycles. The zero-order chi connectivity index (χ0) is 22.1. The summed E-state index contributed by atoms with van der Waals surface area (Å²) in [5, 5.41) is 3.06. The van der Waals surface area contributed by atoms with Gasteiger partial charge in [0.2, 0.25) is 11.8 Å². The smallest absolute Gasteiger partial charge is 0.229 e. The monoisotopic (exact) mass is 417 g/mol. The molecule has 2 amide bonds. The summed E-state index contributed by atoms with van der Waals surface area (Å²) in [6, 6.07) is 17.4.